The molecule has 2 saturated heterocycles. The van der Waals surface area contributed by atoms with Crippen molar-refractivity contribution in [1.82, 2.24) is 4.90 Å². The minimum Gasteiger partial charge on any atom is -0.330 e. The minimum absolute atomic E-state index is 0.893. The molecule has 80 valence electrons. The maximum atomic E-state index is 5.73. The summed E-state index contributed by atoms with van der Waals surface area (Å²) in [6.07, 6.45) is 2.86. The van der Waals surface area contributed by atoms with E-state index in [1.54, 1.807) is 0 Å². The molecule has 2 heterocycles. The first-order valence-electron chi connectivity index (χ1n) is 5.92. The van der Waals surface area contributed by atoms with Crippen LogP contribution < -0.4 is 5.73 Å². The molecule has 14 heavy (non-hydrogen) atoms. The smallest absolute Gasteiger partial charge is 0.0111 e. The second-order valence-corrected chi connectivity index (χ2v) is 6.25. The summed E-state index contributed by atoms with van der Waals surface area (Å²) in [6, 6.07) is 0.919. The average Bonchev–Trinajstić information content (AvgIpc) is 2.72. The zero-order chi connectivity index (χ0) is 9.54. The Labute approximate surface area is 90.6 Å². The fraction of sp³-hybridized carbons (Fsp3) is 1.00. The highest BCUT2D eigenvalue weighted by Gasteiger charge is 2.55. The average molecular weight is 212 g/mol. The molecule has 1 aliphatic carbocycles. The molecule has 0 amide bonds. The van der Waals surface area contributed by atoms with Crippen molar-refractivity contribution < 1.29 is 0 Å². The molecule has 0 aromatic carbocycles. The van der Waals surface area contributed by atoms with Crippen molar-refractivity contribution >= 4 is 11.8 Å². The number of nitrogens with zero attached hydrogens (tertiary/aromatic N) is 1. The topological polar surface area (TPSA) is 29.3 Å². The van der Waals surface area contributed by atoms with Gasteiger partial charge in [0, 0.05) is 19.1 Å². The summed E-state index contributed by atoms with van der Waals surface area (Å²) in [5, 5.41) is 0. The molecule has 3 fully saturated rings. The van der Waals surface area contributed by atoms with Gasteiger partial charge in [0.2, 0.25) is 0 Å². The van der Waals surface area contributed by atoms with Crippen molar-refractivity contribution in [1.29, 1.82) is 0 Å². The van der Waals surface area contributed by atoms with Crippen LogP contribution in [0.3, 0.4) is 0 Å². The molecule has 0 aromatic heterocycles. The molecule has 0 aromatic rings. The van der Waals surface area contributed by atoms with Crippen LogP contribution >= 0.6 is 11.8 Å². The molecule has 0 spiro atoms. The Bertz CT molecular complexity index is 203. The highest BCUT2D eigenvalue weighted by molar-refractivity contribution is 7.99. The van der Waals surface area contributed by atoms with Crippen molar-refractivity contribution in [3.63, 3.8) is 0 Å². The highest BCUT2D eigenvalue weighted by Crippen LogP contribution is 2.51. The number of thioether (sulfide) groups is 1. The van der Waals surface area contributed by atoms with E-state index < -0.39 is 0 Å². The number of hydrogen-bond acceptors (Lipinski definition) is 3. The van der Waals surface area contributed by atoms with E-state index in [2.05, 4.69) is 16.7 Å². The van der Waals surface area contributed by atoms with Gasteiger partial charge in [-0.3, -0.25) is 4.90 Å². The van der Waals surface area contributed by atoms with Crippen LogP contribution in [0.5, 0.6) is 0 Å². The van der Waals surface area contributed by atoms with Gasteiger partial charge < -0.3 is 5.73 Å². The van der Waals surface area contributed by atoms with Gasteiger partial charge in [0.1, 0.15) is 0 Å². The largest absolute Gasteiger partial charge is 0.330 e. The molecular weight excluding hydrogens is 192 g/mol. The predicted octanol–water partition coefficient (Wildman–Crippen LogP) is 1.02. The van der Waals surface area contributed by atoms with Gasteiger partial charge in [-0.2, -0.15) is 11.8 Å². The number of piperidine rings is 1. The lowest BCUT2D eigenvalue weighted by atomic mass is 10.1. The quantitative estimate of drug-likeness (QED) is 0.741. The Morgan fingerprint density at radius 3 is 2.36 bits per heavy atom. The van der Waals surface area contributed by atoms with Gasteiger partial charge in [-0.05, 0) is 48.6 Å². The molecule has 3 aliphatic rings. The van der Waals surface area contributed by atoms with Gasteiger partial charge in [0.15, 0.2) is 0 Å². The van der Waals surface area contributed by atoms with E-state index in [9.17, 15) is 0 Å². The second kappa shape index (κ2) is 3.69. The highest BCUT2D eigenvalue weighted by atomic mass is 32.2. The molecule has 0 bridgehead atoms. The van der Waals surface area contributed by atoms with Gasteiger partial charge >= 0.3 is 0 Å². The van der Waals surface area contributed by atoms with E-state index >= 15 is 0 Å². The Morgan fingerprint density at radius 2 is 1.79 bits per heavy atom. The van der Waals surface area contributed by atoms with Gasteiger partial charge in [-0.15, -0.1) is 0 Å². The SMILES string of the molecule is NCC1C2CN(C3CCSCC3)CC12. The normalized spacial score (nSPS) is 43.9. The number of rotatable bonds is 2. The molecule has 1 saturated carbocycles. The lowest BCUT2D eigenvalue weighted by Gasteiger charge is -2.32. The summed E-state index contributed by atoms with van der Waals surface area (Å²) < 4.78 is 0. The Morgan fingerprint density at radius 1 is 1.14 bits per heavy atom. The zero-order valence-electron chi connectivity index (χ0n) is 8.69. The van der Waals surface area contributed by atoms with Crippen LogP contribution in [-0.4, -0.2) is 42.1 Å². The Balaban J connectivity index is 1.53. The predicted molar refractivity (Wildman–Crippen MR) is 61.4 cm³/mol. The Kier molecular flexibility index (Phi) is 2.50. The monoisotopic (exact) mass is 212 g/mol. The van der Waals surface area contributed by atoms with Crippen LogP contribution in [0, 0.1) is 17.8 Å². The maximum Gasteiger partial charge on any atom is 0.0111 e. The molecule has 0 radical (unpaired) electrons. The third kappa shape index (κ3) is 1.50. The first kappa shape index (κ1) is 9.49. The van der Waals surface area contributed by atoms with Crippen molar-refractivity contribution in [2.24, 2.45) is 23.5 Å². The van der Waals surface area contributed by atoms with Crippen molar-refractivity contribution in [3.05, 3.63) is 0 Å². The van der Waals surface area contributed by atoms with E-state index in [0.29, 0.717) is 0 Å². The van der Waals surface area contributed by atoms with E-state index in [1.165, 1.54) is 37.4 Å². The molecular formula is C11H20N2S. The number of hydrogen-bond donors (Lipinski definition) is 1. The number of fused-ring (bicyclic) bond motifs is 1. The summed E-state index contributed by atoms with van der Waals surface area (Å²) in [5.74, 6) is 5.63. The van der Waals surface area contributed by atoms with Gasteiger partial charge in [-0.25, -0.2) is 0 Å². The Hall–Kier alpha value is 0.270. The minimum atomic E-state index is 0.893. The lowest BCUT2D eigenvalue weighted by molar-refractivity contribution is 0.197. The third-order valence-corrected chi connectivity index (χ3v) is 5.43. The third-order valence-electron chi connectivity index (χ3n) is 4.38. The van der Waals surface area contributed by atoms with Crippen molar-refractivity contribution in [2.45, 2.75) is 18.9 Å². The number of likely N-dealkylation sites (tertiary alicyclic amines) is 1. The molecule has 2 nitrogen and oxygen atoms in total. The molecule has 2 N–H and O–H groups in total. The van der Waals surface area contributed by atoms with Crippen molar-refractivity contribution in [3.8, 4) is 0 Å². The second-order valence-electron chi connectivity index (χ2n) is 5.02. The summed E-state index contributed by atoms with van der Waals surface area (Å²) in [5.41, 5.74) is 5.73. The first-order valence-corrected chi connectivity index (χ1v) is 7.07. The van der Waals surface area contributed by atoms with Crippen LogP contribution in [0.1, 0.15) is 12.8 Å². The maximum absolute atomic E-state index is 5.73. The molecule has 2 aliphatic heterocycles. The van der Waals surface area contributed by atoms with Gasteiger partial charge in [-0.1, -0.05) is 0 Å². The summed E-state index contributed by atoms with van der Waals surface area (Å²) in [4.78, 5) is 2.75. The van der Waals surface area contributed by atoms with E-state index in [1.807, 2.05) is 0 Å². The molecule has 2 atom stereocenters. The summed E-state index contributed by atoms with van der Waals surface area (Å²) in [7, 11) is 0. The number of nitrogens with two attached hydrogens (primary N) is 1. The van der Waals surface area contributed by atoms with Crippen LogP contribution in [0.25, 0.3) is 0 Å². The van der Waals surface area contributed by atoms with Gasteiger partial charge in [0.05, 0.1) is 0 Å². The van der Waals surface area contributed by atoms with E-state index in [0.717, 1.165) is 30.3 Å². The lowest BCUT2D eigenvalue weighted by Crippen LogP contribution is -2.38. The standard InChI is InChI=1S/C11H20N2S/c12-5-9-10-6-13(7-11(9)10)8-1-3-14-4-2-8/h8-11H,1-7,12H2. The molecule has 2 unspecified atom stereocenters. The molecule has 3 heteroatoms. The van der Waals surface area contributed by atoms with Crippen LogP contribution in [0.2, 0.25) is 0 Å². The van der Waals surface area contributed by atoms with Gasteiger partial charge in [0.25, 0.3) is 0 Å². The van der Waals surface area contributed by atoms with E-state index in [-0.39, 0.29) is 0 Å². The molecule has 3 rings (SSSR count). The first-order chi connectivity index (χ1) is 6.90. The van der Waals surface area contributed by atoms with Crippen molar-refractivity contribution in [2.75, 3.05) is 31.1 Å². The zero-order valence-corrected chi connectivity index (χ0v) is 9.51. The summed E-state index contributed by atoms with van der Waals surface area (Å²) >= 11 is 2.13. The fourth-order valence-electron chi connectivity index (χ4n) is 3.38. The van der Waals surface area contributed by atoms with Crippen LogP contribution in [-0.2, 0) is 0 Å². The van der Waals surface area contributed by atoms with Crippen LogP contribution in [0.15, 0.2) is 0 Å². The fourth-order valence-corrected chi connectivity index (χ4v) is 4.46. The van der Waals surface area contributed by atoms with Crippen LogP contribution in [0.4, 0.5) is 0 Å². The summed E-state index contributed by atoms with van der Waals surface area (Å²) in [6.45, 7) is 3.66. The van der Waals surface area contributed by atoms with E-state index in [4.69, 9.17) is 5.73 Å².